The molecule has 0 unspecified atom stereocenters. The molecule has 0 atom stereocenters. The van der Waals surface area contributed by atoms with Gasteiger partial charge in [-0.3, -0.25) is 0 Å². The largest absolute Gasteiger partial charge is 0.478 e. The molecule has 1 heterocycles. The van der Waals surface area contributed by atoms with E-state index in [-0.39, 0.29) is 10.8 Å². The molecule has 1 aromatic heterocycles. The van der Waals surface area contributed by atoms with Gasteiger partial charge in [-0.25, -0.2) is 12.4 Å². The van der Waals surface area contributed by atoms with E-state index in [1.165, 1.54) is 3.97 Å². The van der Waals surface area contributed by atoms with E-state index in [0.717, 1.165) is 10.9 Å². The summed E-state index contributed by atoms with van der Waals surface area (Å²) in [5.41, 5.74) is 1.54. The number of rotatable bonds is 4. The van der Waals surface area contributed by atoms with Gasteiger partial charge in [-0.2, -0.15) is 0 Å². The predicted octanol–water partition coefficient (Wildman–Crippen LogP) is 4.24. The van der Waals surface area contributed by atoms with Gasteiger partial charge in [-0.05, 0) is 44.2 Å². The Hall–Kier alpha value is -1.98. The third-order valence-corrected chi connectivity index (χ3v) is 5.50. The summed E-state index contributed by atoms with van der Waals surface area (Å²) in [6, 6.07) is 13.5. The Labute approximate surface area is 140 Å². The van der Waals surface area contributed by atoms with Crippen molar-refractivity contribution in [2.45, 2.75) is 18.7 Å². The van der Waals surface area contributed by atoms with Gasteiger partial charge in [0.15, 0.2) is 0 Å². The van der Waals surface area contributed by atoms with Crippen molar-refractivity contribution >= 4 is 32.5 Å². The number of aromatic nitrogens is 1. The standard InChI is InChI=1S/C17H16ClNO3S/c1-3-22-17-11-13-10-14(18)6-9-16(13)19(17)23(20,21)15-7-4-12(2)5-8-15/h4-11H,3H2,1-2H3. The quantitative estimate of drug-likeness (QED) is 0.707. The molecule has 4 nitrogen and oxygen atoms in total. The maximum absolute atomic E-state index is 13.1. The Bertz CT molecular complexity index is 959. The molecule has 0 aliphatic rings. The van der Waals surface area contributed by atoms with Gasteiger partial charge >= 0.3 is 0 Å². The van der Waals surface area contributed by atoms with Crippen molar-refractivity contribution in [3.63, 3.8) is 0 Å². The summed E-state index contributed by atoms with van der Waals surface area (Å²) >= 11 is 6.01. The second-order valence-electron chi connectivity index (χ2n) is 5.20. The van der Waals surface area contributed by atoms with Crippen LogP contribution in [0.1, 0.15) is 12.5 Å². The van der Waals surface area contributed by atoms with Crippen LogP contribution in [0.3, 0.4) is 0 Å². The van der Waals surface area contributed by atoms with E-state index in [4.69, 9.17) is 16.3 Å². The fourth-order valence-electron chi connectivity index (χ4n) is 2.45. The molecule has 0 fully saturated rings. The molecule has 6 heteroatoms. The predicted molar refractivity (Wildman–Crippen MR) is 91.9 cm³/mol. The van der Waals surface area contributed by atoms with E-state index >= 15 is 0 Å². The van der Waals surface area contributed by atoms with Crippen molar-refractivity contribution in [3.8, 4) is 5.88 Å². The van der Waals surface area contributed by atoms with Crippen molar-refractivity contribution in [3.05, 3.63) is 59.1 Å². The van der Waals surface area contributed by atoms with Crippen LogP contribution in [0.15, 0.2) is 53.4 Å². The maximum Gasteiger partial charge on any atom is 0.271 e. The lowest BCUT2D eigenvalue weighted by Crippen LogP contribution is -2.14. The SMILES string of the molecule is CCOc1cc2cc(Cl)ccc2n1S(=O)(=O)c1ccc(C)cc1. The highest BCUT2D eigenvalue weighted by molar-refractivity contribution is 7.90. The molecule has 0 aliphatic heterocycles. The zero-order valence-corrected chi connectivity index (χ0v) is 14.4. The van der Waals surface area contributed by atoms with E-state index in [1.807, 2.05) is 13.8 Å². The topological polar surface area (TPSA) is 48.3 Å². The molecule has 3 rings (SSSR count). The van der Waals surface area contributed by atoms with Crippen LogP contribution in [0, 0.1) is 6.92 Å². The van der Waals surface area contributed by atoms with Gasteiger partial charge in [-0.15, -0.1) is 0 Å². The normalized spacial score (nSPS) is 11.8. The lowest BCUT2D eigenvalue weighted by Gasteiger charge is -2.12. The van der Waals surface area contributed by atoms with Crippen molar-refractivity contribution < 1.29 is 13.2 Å². The van der Waals surface area contributed by atoms with Gasteiger partial charge < -0.3 is 4.74 Å². The van der Waals surface area contributed by atoms with Crippen LogP contribution >= 0.6 is 11.6 Å². The number of halogens is 1. The fourth-order valence-corrected chi connectivity index (χ4v) is 4.09. The van der Waals surface area contributed by atoms with E-state index in [1.54, 1.807) is 48.5 Å². The summed E-state index contributed by atoms with van der Waals surface area (Å²) in [4.78, 5) is 0.219. The summed E-state index contributed by atoms with van der Waals surface area (Å²) < 4.78 is 32.9. The number of nitrogens with zero attached hydrogens (tertiary/aromatic N) is 1. The van der Waals surface area contributed by atoms with E-state index < -0.39 is 10.0 Å². The average Bonchev–Trinajstić information content (AvgIpc) is 2.85. The Morgan fingerprint density at radius 2 is 1.78 bits per heavy atom. The third-order valence-electron chi connectivity index (χ3n) is 3.54. The van der Waals surface area contributed by atoms with Gasteiger partial charge in [0.05, 0.1) is 17.0 Å². The summed E-state index contributed by atoms with van der Waals surface area (Å²) in [5.74, 6) is 0.283. The molecule has 0 N–H and O–H groups in total. The Balaban J connectivity index is 2.28. The molecule has 0 bridgehead atoms. The first-order valence-electron chi connectivity index (χ1n) is 7.19. The second-order valence-corrected chi connectivity index (χ2v) is 7.42. The first-order chi connectivity index (χ1) is 10.9. The van der Waals surface area contributed by atoms with Crippen LogP contribution in [0.5, 0.6) is 5.88 Å². The molecule has 3 aromatic rings. The first-order valence-corrected chi connectivity index (χ1v) is 9.01. The van der Waals surface area contributed by atoms with E-state index in [2.05, 4.69) is 0 Å². The molecular weight excluding hydrogens is 334 g/mol. The smallest absolute Gasteiger partial charge is 0.271 e. The minimum Gasteiger partial charge on any atom is -0.478 e. The van der Waals surface area contributed by atoms with Gasteiger partial charge in [0.2, 0.25) is 5.88 Å². The monoisotopic (exact) mass is 349 g/mol. The average molecular weight is 350 g/mol. The highest BCUT2D eigenvalue weighted by atomic mass is 35.5. The highest BCUT2D eigenvalue weighted by Gasteiger charge is 2.24. The molecule has 120 valence electrons. The zero-order chi connectivity index (χ0) is 16.6. The Morgan fingerprint density at radius 1 is 1.09 bits per heavy atom. The number of ether oxygens (including phenoxy) is 1. The van der Waals surface area contributed by atoms with Crippen molar-refractivity contribution in [2.24, 2.45) is 0 Å². The number of hydrogen-bond donors (Lipinski definition) is 0. The molecule has 0 saturated carbocycles. The molecule has 23 heavy (non-hydrogen) atoms. The van der Waals surface area contributed by atoms with Crippen LogP contribution < -0.4 is 4.74 Å². The lowest BCUT2D eigenvalue weighted by molar-refractivity contribution is 0.325. The van der Waals surface area contributed by atoms with Crippen LogP contribution in [0.25, 0.3) is 10.9 Å². The van der Waals surface area contributed by atoms with Gasteiger partial charge in [0.1, 0.15) is 0 Å². The maximum atomic E-state index is 13.1. The van der Waals surface area contributed by atoms with Crippen LogP contribution in [-0.4, -0.2) is 19.0 Å². The summed E-state index contributed by atoms with van der Waals surface area (Å²) in [5, 5.41) is 1.27. The summed E-state index contributed by atoms with van der Waals surface area (Å²) in [6.07, 6.45) is 0. The van der Waals surface area contributed by atoms with Crippen LogP contribution in [-0.2, 0) is 10.0 Å². The van der Waals surface area contributed by atoms with Gasteiger partial charge in [-0.1, -0.05) is 29.3 Å². The first kappa shape index (κ1) is 15.9. The minimum absolute atomic E-state index is 0.219. The number of hydrogen-bond acceptors (Lipinski definition) is 3. The number of fused-ring (bicyclic) bond motifs is 1. The molecule has 0 radical (unpaired) electrons. The third kappa shape index (κ3) is 2.82. The zero-order valence-electron chi connectivity index (χ0n) is 12.8. The fraction of sp³-hybridized carbons (Fsp3) is 0.176. The molecule has 2 aromatic carbocycles. The van der Waals surface area contributed by atoms with Gasteiger partial charge in [0.25, 0.3) is 10.0 Å². The van der Waals surface area contributed by atoms with Crippen LogP contribution in [0.4, 0.5) is 0 Å². The van der Waals surface area contributed by atoms with Crippen molar-refractivity contribution in [1.82, 2.24) is 3.97 Å². The number of aryl methyl sites for hydroxylation is 1. The van der Waals surface area contributed by atoms with Crippen molar-refractivity contribution in [2.75, 3.05) is 6.61 Å². The molecule has 0 spiro atoms. The number of benzene rings is 2. The van der Waals surface area contributed by atoms with E-state index in [9.17, 15) is 8.42 Å². The summed E-state index contributed by atoms with van der Waals surface area (Å²) in [7, 11) is -3.76. The lowest BCUT2D eigenvalue weighted by atomic mass is 10.2. The minimum atomic E-state index is -3.76. The van der Waals surface area contributed by atoms with E-state index in [0.29, 0.717) is 17.1 Å². The molecule has 0 amide bonds. The molecule has 0 saturated heterocycles. The summed E-state index contributed by atoms with van der Waals surface area (Å²) in [6.45, 7) is 4.09. The Morgan fingerprint density at radius 3 is 2.43 bits per heavy atom. The highest BCUT2D eigenvalue weighted by Crippen LogP contribution is 2.32. The Kier molecular flexibility index (Phi) is 4.08. The second kappa shape index (κ2) is 5.91. The van der Waals surface area contributed by atoms with Gasteiger partial charge in [0, 0.05) is 16.5 Å². The van der Waals surface area contributed by atoms with Crippen molar-refractivity contribution in [1.29, 1.82) is 0 Å². The molecule has 0 aliphatic carbocycles. The van der Waals surface area contributed by atoms with Crippen LogP contribution in [0.2, 0.25) is 5.02 Å². The molecular formula is C17H16ClNO3S.